The zero-order valence-corrected chi connectivity index (χ0v) is 20.7. The molecule has 35 heavy (non-hydrogen) atoms. The van der Waals surface area contributed by atoms with Crippen molar-refractivity contribution in [3.8, 4) is 16.9 Å². The van der Waals surface area contributed by atoms with Gasteiger partial charge in [0.2, 0.25) is 0 Å². The van der Waals surface area contributed by atoms with Crippen LogP contribution in [-0.2, 0) is 17.8 Å². The van der Waals surface area contributed by atoms with Gasteiger partial charge in [0.1, 0.15) is 5.78 Å². The summed E-state index contributed by atoms with van der Waals surface area (Å²) in [5, 5.41) is 13.9. The maximum absolute atomic E-state index is 14.2. The molecule has 1 heterocycles. The first-order valence-electron chi connectivity index (χ1n) is 11.4. The van der Waals surface area contributed by atoms with Crippen LogP contribution >= 0.6 is 11.6 Å². The quantitative estimate of drug-likeness (QED) is 0.286. The second kappa shape index (κ2) is 10.4. The van der Waals surface area contributed by atoms with Crippen molar-refractivity contribution in [3.63, 3.8) is 0 Å². The topological polar surface area (TPSA) is 65.5 Å². The van der Waals surface area contributed by atoms with Crippen molar-refractivity contribution < 1.29 is 14.3 Å². The van der Waals surface area contributed by atoms with Crippen molar-refractivity contribution in [2.24, 2.45) is 0 Å². The molecule has 4 rings (SSSR count). The van der Waals surface area contributed by atoms with E-state index in [9.17, 15) is 14.3 Å². The zero-order chi connectivity index (χ0) is 25.1. The Balaban J connectivity index is 1.82. The van der Waals surface area contributed by atoms with Crippen molar-refractivity contribution in [1.82, 2.24) is 9.88 Å². The summed E-state index contributed by atoms with van der Waals surface area (Å²) in [6.45, 7) is 2.68. The molecule has 0 atom stereocenters. The second-order valence-corrected chi connectivity index (χ2v) is 9.21. The van der Waals surface area contributed by atoms with Crippen LogP contribution in [0.25, 0.3) is 22.0 Å². The Morgan fingerprint density at radius 2 is 1.83 bits per heavy atom. The van der Waals surface area contributed by atoms with E-state index in [4.69, 9.17) is 11.6 Å². The lowest BCUT2D eigenvalue weighted by Crippen LogP contribution is -2.10. The van der Waals surface area contributed by atoms with E-state index in [1.54, 1.807) is 6.20 Å². The van der Waals surface area contributed by atoms with E-state index in [1.807, 2.05) is 51.4 Å². The number of phenolic OH excluding ortho intramolecular Hbond substituents is 1. The van der Waals surface area contributed by atoms with Crippen molar-refractivity contribution >= 4 is 39.7 Å². The number of benzene rings is 3. The number of phenols is 1. The number of ketones is 1. The molecule has 5 nitrogen and oxygen atoms in total. The van der Waals surface area contributed by atoms with Crippen molar-refractivity contribution in [1.29, 1.82) is 0 Å². The Hall–Kier alpha value is -3.48. The standard InChI is InChI=1S/C28H27ClFN3O2/c1-4-22(34)11-20-15-31-26-10-7-18(19-13-24(29)28(35)25(30)14-19)12-23(26)27(20)32-21-8-5-17(6-9-21)16-33(2)3/h5-10,12-15,35H,4,11,16H2,1-3H3,(H,31,32). The van der Waals surface area contributed by atoms with Gasteiger partial charge in [0.15, 0.2) is 11.6 Å². The van der Waals surface area contributed by atoms with Gasteiger partial charge < -0.3 is 15.3 Å². The summed E-state index contributed by atoms with van der Waals surface area (Å²) in [5.41, 5.74) is 5.62. The Morgan fingerprint density at radius 1 is 1.09 bits per heavy atom. The van der Waals surface area contributed by atoms with E-state index >= 15 is 0 Å². The van der Waals surface area contributed by atoms with Crippen LogP contribution in [0.15, 0.2) is 60.8 Å². The molecule has 2 N–H and O–H groups in total. The lowest BCUT2D eigenvalue weighted by Gasteiger charge is -2.16. The predicted molar refractivity (Wildman–Crippen MR) is 140 cm³/mol. The van der Waals surface area contributed by atoms with Crippen LogP contribution in [0.2, 0.25) is 5.02 Å². The molecule has 0 aliphatic heterocycles. The van der Waals surface area contributed by atoms with E-state index in [-0.39, 0.29) is 17.2 Å². The number of halogens is 2. The number of hydrogen-bond donors (Lipinski definition) is 2. The third kappa shape index (κ3) is 5.61. The van der Waals surface area contributed by atoms with E-state index in [0.29, 0.717) is 17.5 Å². The highest BCUT2D eigenvalue weighted by atomic mass is 35.5. The summed E-state index contributed by atoms with van der Waals surface area (Å²) < 4.78 is 14.2. The summed E-state index contributed by atoms with van der Waals surface area (Å²) >= 11 is 6.01. The number of carbonyl (C=O) groups is 1. The molecule has 0 fully saturated rings. The van der Waals surface area contributed by atoms with Crippen LogP contribution in [0, 0.1) is 5.82 Å². The first kappa shape index (κ1) is 24.6. The van der Waals surface area contributed by atoms with Crippen molar-refractivity contribution in [2.75, 3.05) is 19.4 Å². The lowest BCUT2D eigenvalue weighted by atomic mass is 9.99. The summed E-state index contributed by atoms with van der Waals surface area (Å²) in [5.74, 6) is -1.25. The van der Waals surface area contributed by atoms with E-state index in [1.165, 1.54) is 17.7 Å². The second-order valence-electron chi connectivity index (χ2n) is 8.81. The molecule has 4 aromatic rings. The summed E-state index contributed by atoms with van der Waals surface area (Å²) in [4.78, 5) is 19.0. The maximum Gasteiger partial charge on any atom is 0.170 e. The van der Waals surface area contributed by atoms with Gasteiger partial charge in [0.25, 0.3) is 0 Å². The molecule has 180 valence electrons. The molecule has 0 unspecified atom stereocenters. The van der Waals surface area contributed by atoms with Gasteiger partial charge in [0, 0.05) is 42.2 Å². The smallest absolute Gasteiger partial charge is 0.170 e. The molecule has 0 spiro atoms. The minimum atomic E-state index is -0.788. The first-order chi connectivity index (χ1) is 16.7. The van der Waals surface area contributed by atoms with Crippen LogP contribution < -0.4 is 5.32 Å². The molecule has 7 heteroatoms. The van der Waals surface area contributed by atoms with E-state index in [2.05, 4.69) is 27.3 Å². The summed E-state index contributed by atoms with van der Waals surface area (Å²) in [6, 6.07) is 16.5. The number of aromatic hydroxyl groups is 1. The fourth-order valence-corrected chi connectivity index (χ4v) is 4.18. The molecule has 0 radical (unpaired) electrons. The molecule has 0 aliphatic rings. The predicted octanol–water partition coefficient (Wildman–Crippen LogP) is 6.73. The number of anilines is 2. The Morgan fingerprint density at radius 3 is 2.49 bits per heavy atom. The van der Waals surface area contributed by atoms with Crippen LogP contribution in [0.3, 0.4) is 0 Å². The average Bonchev–Trinajstić information content (AvgIpc) is 2.84. The Kier molecular flexibility index (Phi) is 7.34. The van der Waals surface area contributed by atoms with Gasteiger partial charge in [-0.25, -0.2) is 4.39 Å². The molecule has 0 saturated heterocycles. The number of rotatable bonds is 8. The normalized spacial score (nSPS) is 11.3. The monoisotopic (exact) mass is 491 g/mol. The first-order valence-corrected chi connectivity index (χ1v) is 11.8. The van der Waals surface area contributed by atoms with Crippen LogP contribution in [0.4, 0.5) is 15.8 Å². The van der Waals surface area contributed by atoms with Gasteiger partial charge in [0.05, 0.1) is 16.2 Å². The zero-order valence-electron chi connectivity index (χ0n) is 19.9. The number of carbonyl (C=O) groups excluding carboxylic acids is 1. The molecule has 0 aliphatic carbocycles. The summed E-state index contributed by atoms with van der Waals surface area (Å²) in [6.07, 6.45) is 2.42. The number of aromatic nitrogens is 1. The number of pyridine rings is 1. The highest BCUT2D eigenvalue weighted by molar-refractivity contribution is 6.32. The number of hydrogen-bond acceptors (Lipinski definition) is 5. The minimum absolute atomic E-state index is 0.0586. The highest BCUT2D eigenvalue weighted by Gasteiger charge is 2.15. The molecular formula is C28H27ClFN3O2. The van der Waals surface area contributed by atoms with Crippen molar-refractivity contribution in [2.45, 2.75) is 26.3 Å². The molecule has 3 aromatic carbocycles. The summed E-state index contributed by atoms with van der Waals surface area (Å²) in [7, 11) is 4.05. The fraction of sp³-hybridized carbons (Fsp3) is 0.214. The maximum atomic E-state index is 14.2. The Labute approximate surface area is 209 Å². The highest BCUT2D eigenvalue weighted by Crippen LogP contribution is 2.36. The van der Waals surface area contributed by atoms with E-state index < -0.39 is 11.6 Å². The molecule has 0 bridgehead atoms. The average molecular weight is 492 g/mol. The van der Waals surface area contributed by atoms with Gasteiger partial charge in [-0.15, -0.1) is 0 Å². The minimum Gasteiger partial charge on any atom is -0.504 e. The van der Waals surface area contributed by atoms with Crippen molar-refractivity contribution in [3.05, 3.63) is 82.8 Å². The van der Waals surface area contributed by atoms with E-state index in [0.717, 1.165) is 34.4 Å². The fourth-order valence-electron chi connectivity index (χ4n) is 3.97. The third-order valence-corrected chi connectivity index (χ3v) is 6.09. The molecule has 0 saturated carbocycles. The number of Topliss-reactive ketones (excluding diaryl/α,β-unsaturated/α-hetero) is 1. The van der Waals surface area contributed by atoms with Gasteiger partial charge in [-0.2, -0.15) is 0 Å². The molecule has 1 aromatic heterocycles. The molecular weight excluding hydrogens is 465 g/mol. The van der Waals surface area contributed by atoms with Gasteiger partial charge in [-0.1, -0.05) is 36.7 Å². The number of nitrogens with one attached hydrogen (secondary N) is 1. The van der Waals surface area contributed by atoms with Gasteiger partial charge in [-0.3, -0.25) is 9.78 Å². The number of nitrogens with zero attached hydrogens (tertiary/aromatic N) is 2. The van der Waals surface area contributed by atoms with Crippen LogP contribution in [0.1, 0.15) is 24.5 Å². The van der Waals surface area contributed by atoms with Gasteiger partial charge >= 0.3 is 0 Å². The van der Waals surface area contributed by atoms with Gasteiger partial charge in [-0.05, 0) is 67.2 Å². The number of fused-ring (bicyclic) bond motifs is 1. The SMILES string of the molecule is CCC(=O)Cc1cnc2ccc(-c3cc(F)c(O)c(Cl)c3)cc2c1Nc1ccc(CN(C)C)cc1. The van der Waals surface area contributed by atoms with Crippen LogP contribution in [-0.4, -0.2) is 34.9 Å². The third-order valence-electron chi connectivity index (χ3n) is 5.80. The largest absolute Gasteiger partial charge is 0.504 e. The molecule has 0 amide bonds. The Bertz CT molecular complexity index is 1360. The lowest BCUT2D eigenvalue weighted by molar-refractivity contribution is -0.118. The van der Waals surface area contributed by atoms with Crippen LogP contribution in [0.5, 0.6) is 5.75 Å².